The van der Waals surface area contributed by atoms with Crippen LogP contribution in [0, 0.1) is 5.41 Å². The first-order valence-electron chi connectivity index (χ1n) is 7.71. The normalized spacial score (nSPS) is 22.1. The van der Waals surface area contributed by atoms with Crippen LogP contribution in [-0.2, 0) is 0 Å². The highest BCUT2D eigenvalue weighted by Gasteiger charge is 2.21. The third-order valence-corrected chi connectivity index (χ3v) is 4.17. The molecule has 0 aromatic carbocycles. The van der Waals surface area contributed by atoms with Crippen molar-refractivity contribution in [2.45, 2.75) is 58.9 Å². The first kappa shape index (κ1) is 14.1. The van der Waals surface area contributed by atoms with Crippen molar-refractivity contribution in [1.29, 1.82) is 0 Å². The van der Waals surface area contributed by atoms with Gasteiger partial charge in [0.25, 0.3) is 0 Å². The number of unbranched alkanes of at least 4 members (excludes halogenated alkanes) is 1. The first-order chi connectivity index (χ1) is 8.55. The van der Waals surface area contributed by atoms with Crippen LogP contribution in [-0.4, -0.2) is 37.1 Å². The van der Waals surface area contributed by atoms with Crippen LogP contribution in [0.15, 0.2) is 11.6 Å². The summed E-state index contributed by atoms with van der Waals surface area (Å²) < 4.78 is 0. The van der Waals surface area contributed by atoms with Crippen LogP contribution in [0.1, 0.15) is 52.9 Å². The van der Waals surface area contributed by atoms with Gasteiger partial charge >= 0.3 is 0 Å². The van der Waals surface area contributed by atoms with Crippen LogP contribution in [0.5, 0.6) is 0 Å². The van der Waals surface area contributed by atoms with E-state index in [-0.39, 0.29) is 0 Å². The Morgan fingerprint density at radius 3 is 2.61 bits per heavy atom. The van der Waals surface area contributed by atoms with Crippen molar-refractivity contribution < 1.29 is 0 Å². The van der Waals surface area contributed by atoms with Crippen LogP contribution < -0.4 is 5.32 Å². The van der Waals surface area contributed by atoms with E-state index in [1.807, 2.05) is 0 Å². The Bertz CT molecular complexity index is 284. The van der Waals surface area contributed by atoms with E-state index in [9.17, 15) is 0 Å². The molecule has 104 valence electrons. The molecule has 1 aliphatic carbocycles. The maximum atomic E-state index is 3.59. The van der Waals surface area contributed by atoms with E-state index in [4.69, 9.17) is 0 Å². The smallest absolute Gasteiger partial charge is 0.0166 e. The summed E-state index contributed by atoms with van der Waals surface area (Å²) >= 11 is 0. The third kappa shape index (κ3) is 4.74. The second kappa shape index (κ2) is 6.21. The monoisotopic (exact) mass is 250 g/mol. The van der Waals surface area contributed by atoms with Gasteiger partial charge in [-0.2, -0.15) is 0 Å². The van der Waals surface area contributed by atoms with Crippen molar-refractivity contribution in [1.82, 2.24) is 10.2 Å². The van der Waals surface area contributed by atoms with Crippen molar-refractivity contribution in [3.63, 3.8) is 0 Å². The summed E-state index contributed by atoms with van der Waals surface area (Å²) in [6.45, 7) is 11.9. The van der Waals surface area contributed by atoms with Gasteiger partial charge in [-0.05, 0) is 50.6 Å². The van der Waals surface area contributed by atoms with E-state index in [1.54, 1.807) is 5.57 Å². The van der Waals surface area contributed by atoms with Gasteiger partial charge in [0, 0.05) is 19.1 Å². The number of nitrogens with one attached hydrogen (secondary N) is 1. The Hall–Kier alpha value is -0.340. The van der Waals surface area contributed by atoms with Crippen molar-refractivity contribution >= 4 is 0 Å². The van der Waals surface area contributed by atoms with Gasteiger partial charge in [0.15, 0.2) is 0 Å². The predicted molar refractivity (Wildman–Crippen MR) is 78.9 cm³/mol. The zero-order chi connectivity index (χ0) is 13.0. The molecule has 1 fully saturated rings. The van der Waals surface area contributed by atoms with Gasteiger partial charge in [0.05, 0.1) is 0 Å². The Morgan fingerprint density at radius 1 is 1.28 bits per heavy atom. The molecule has 0 spiro atoms. The molecule has 0 unspecified atom stereocenters. The van der Waals surface area contributed by atoms with E-state index in [2.05, 4.69) is 37.1 Å². The van der Waals surface area contributed by atoms with Gasteiger partial charge in [-0.1, -0.05) is 32.4 Å². The van der Waals surface area contributed by atoms with Crippen LogP contribution in [0.4, 0.5) is 0 Å². The third-order valence-electron chi connectivity index (χ3n) is 4.17. The van der Waals surface area contributed by atoms with Gasteiger partial charge in [-0.15, -0.1) is 0 Å². The number of hydrogen-bond acceptors (Lipinski definition) is 2. The average Bonchev–Trinajstić information content (AvgIpc) is 3.12. The molecule has 18 heavy (non-hydrogen) atoms. The minimum atomic E-state index is 0.375. The van der Waals surface area contributed by atoms with Crippen LogP contribution >= 0.6 is 0 Å². The van der Waals surface area contributed by atoms with Crippen molar-refractivity contribution in [3.8, 4) is 0 Å². The molecule has 2 aliphatic rings. The fourth-order valence-corrected chi connectivity index (χ4v) is 2.65. The van der Waals surface area contributed by atoms with E-state index in [1.165, 1.54) is 58.3 Å². The van der Waals surface area contributed by atoms with Crippen molar-refractivity contribution in [3.05, 3.63) is 11.6 Å². The highest BCUT2D eigenvalue weighted by Crippen LogP contribution is 2.30. The van der Waals surface area contributed by atoms with Gasteiger partial charge in [0.2, 0.25) is 0 Å². The Labute approximate surface area is 113 Å². The van der Waals surface area contributed by atoms with Gasteiger partial charge in [-0.3, -0.25) is 4.90 Å². The van der Waals surface area contributed by atoms with Crippen LogP contribution in [0.3, 0.4) is 0 Å². The van der Waals surface area contributed by atoms with Gasteiger partial charge in [-0.25, -0.2) is 0 Å². The zero-order valence-electron chi connectivity index (χ0n) is 12.5. The summed E-state index contributed by atoms with van der Waals surface area (Å²) in [6, 6.07) is 0.872. The lowest BCUT2D eigenvalue weighted by Crippen LogP contribution is -2.32. The molecule has 0 amide bonds. The molecule has 1 N–H and O–H groups in total. The molecule has 0 aromatic rings. The topological polar surface area (TPSA) is 15.3 Å². The summed E-state index contributed by atoms with van der Waals surface area (Å²) in [7, 11) is 0. The Balaban J connectivity index is 1.56. The summed E-state index contributed by atoms with van der Waals surface area (Å²) in [5, 5.41) is 3.59. The molecule has 1 heterocycles. The quantitative estimate of drug-likeness (QED) is 0.575. The first-order valence-corrected chi connectivity index (χ1v) is 7.71. The number of rotatable bonds is 6. The molecule has 2 heteroatoms. The zero-order valence-corrected chi connectivity index (χ0v) is 12.5. The second-order valence-electron chi connectivity index (χ2n) is 6.97. The lowest BCUT2D eigenvalue weighted by molar-refractivity contribution is 0.273. The van der Waals surface area contributed by atoms with E-state index in [0.717, 1.165) is 6.04 Å². The molecule has 1 saturated carbocycles. The molecule has 0 atom stereocenters. The SMILES string of the molecule is CC(C)(C)C1=CCN(CCCCNC2CC2)CC1. The summed E-state index contributed by atoms with van der Waals surface area (Å²) in [5.41, 5.74) is 2.02. The molecule has 0 aromatic heterocycles. The number of hydrogen-bond donors (Lipinski definition) is 1. The number of nitrogens with zero attached hydrogens (tertiary/aromatic N) is 1. The van der Waals surface area contributed by atoms with E-state index < -0.39 is 0 Å². The standard InChI is InChI=1S/C16H30N2/c1-16(2,3)14-8-12-18(13-9-14)11-5-4-10-17-15-6-7-15/h8,15,17H,4-7,9-13H2,1-3H3. The van der Waals surface area contributed by atoms with E-state index in [0.29, 0.717) is 5.41 Å². The average molecular weight is 250 g/mol. The Morgan fingerprint density at radius 2 is 2.06 bits per heavy atom. The highest BCUT2D eigenvalue weighted by atomic mass is 15.1. The second-order valence-corrected chi connectivity index (χ2v) is 6.97. The van der Waals surface area contributed by atoms with Crippen molar-refractivity contribution in [2.75, 3.05) is 26.2 Å². The summed E-state index contributed by atoms with van der Waals surface area (Å²) in [6.07, 6.45) is 9.23. The highest BCUT2D eigenvalue weighted by molar-refractivity contribution is 5.14. The lowest BCUT2D eigenvalue weighted by Gasteiger charge is -2.32. The van der Waals surface area contributed by atoms with Crippen molar-refractivity contribution in [2.24, 2.45) is 5.41 Å². The largest absolute Gasteiger partial charge is 0.314 e. The summed E-state index contributed by atoms with van der Waals surface area (Å²) in [5.74, 6) is 0. The minimum Gasteiger partial charge on any atom is -0.314 e. The van der Waals surface area contributed by atoms with Gasteiger partial charge in [0.1, 0.15) is 0 Å². The van der Waals surface area contributed by atoms with E-state index >= 15 is 0 Å². The molecule has 1 aliphatic heterocycles. The molecule has 0 saturated heterocycles. The molecule has 2 nitrogen and oxygen atoms in total. The molecular weight excluding hydrogens is 220 g/mol. The lowest BCUT2D eigenvalue weighted by atomic mass is 9.83. The predicted octanol–water partition coefficient (Wildman–Crippen LogP) is 3.20. The molecule has 2 rings (SSSR count). The Kier molecular flexibility index (Phi) is 4.85. The maximum Gasteiger partial charge on any atom is 0.0166 e. The van der Waals surface area contributed by atoms with Crippen LogP contribution in [0.2, 0.25) is 0 Å². The van der Waals surface area contributed by atoms with Gasteiger partial charge < -0.3 is 5.32 Å². The molecule has 0 bridgehead atoms. The summed E-state index contributed by atoms with van der Waals surface area (Å²) in [4.78, 5) is 2.60. The maximum absolute atomic E-state index is 3.59. The minimum absolute atomic E-state index is 0.375. The fraction of sp³-hybridized carbons (Fsp3) is 0.875. The fourth-order valence-electron chi connectivity index (χ4n) is 2.65. The molecular formula is C16H30N2. The molecule has 0 radical (unpaired) electrons. The van der Waals surface area contributed by atoms with Crippen LogP contribution in [0.25, 0.3) is 0 Å².